The van der Waals surface area contributed by atoms with Crippen LogP contribution in [0.1, 0.15) is 72.7 Å². The van der Waals surface area contributed by atoms with Gasteiger partial charge in [0, 0.05) is 43.6 Å². The van der Waals surface area contributed by atoms with E-state index in [0.29, 0.717) is 0 Å². The second-order valence-electron chi connectivity index (χ2n) is 8.01. The molecular weight excluding hydrogens is 380 g/mol. The highest BCUT2D eigenvalue weighted by atomic mass is 16.5. The first-order chi connectivity index (χ1) is 18.4. The van der Waals surface area contributed by atoms with Gasteiger partial charge in [0.2, 0.25) is 0 Å². The average Bonchev–Trinajstić information content (AvgIpc) is 2.84. The van der Waals surface area contributed by atoms with E-state index >= 15 is 0 Å². The van der Waals surface area contributed by atoms with Crippen molar-refractivity contribution in [2.24, 2.45) is 23.5 Å². The lowest BCUT2D eigenvalue weighted by Crippen LogP contribution is -2.51. The third kappa shape index (κ3) is 4.75. The summed E-state index contributed by atoms with van der Waals surface area (Å²) in [6, 6.07) is -2.61. The third-order valence-electron chi connectivity index (χ3n) is 4.86. The van der Waals surface area contributed by atoms with Crippen LogP contribution in [0.4, 0.5) is 0 Å². The number of benzene rings is 1. The molecule has 30 heavy (non-hydrogen) atoms. The molecule has 1 saturated heterocycles. The summed E-state index contributed by atoms with van der Waals surface area (Å²) in [5, 5.41) is 0. The van der Waals surface area contributed by atoms with Crippen molar-refractivity contribution in [2.45, 2.75) is 65.0 Å². The van der Waals surface area contributed by atoms with Gasteiger partial charge in [-0.2, -0.15) is 0 Å². The minimum atomic E-state index is -3.58. The number of piperidine rings is 1. The molecule has 2 heterocycles. The van der Waals surface area contributed by atoms with Gasteiger partial charge in [0.25, 0.3) is 0 Å². The van der Waals surface area contributed by atoms with Gasteiger partial charge >= 0.3 is 5.97 Å². The average molecular weight is 430 g/mol. The Bertz CT molecular complexity index is 1210. The molecule has 0 spiro atoms. The van der Waals surface area contributed by atoms with Crippen molar-refractivity contribution in [2.75, 3.05) is 27.2 Å². The number of fused-ring (bicyclic) bond motifs is 3. The van der Waals surface area contributed by atoms with Gasteiger partial charge in [-0.15, -0.1) is 0 Å². The molecule has 2 aliphatic heterocycles. The molecule has 2 N–H and O–H groups in total. The monoisotopic (exact) mass is 429 g/mol. The Hall–Kier alpha value is -1.79. The van der Waals surface area contributed by atoms with Gasteiger partial charge in [-0.05, 0) is 47.9 Å². The van der Waals surface area contributed by atoms with E-state index in [2.05, 4.69) is 0 Å². The SMILES string of the molecule is [2H]C1([2H])c2cc(OC)c(OC)cc2C2([2H])N(C1([2H])[2H])C([2H])([2H])C([2H])(CC(C)C)C([2H])(OC(=O)[C@@H](N)C(C)C)C2([2H])[2H]. The van der Waals surface area contributed by atoms with Crippen LogP contribution in [0.5, 0.6) is 11.5 Å². The minimum Gasteiger partial charge on any atom is -0.493 e. The molecule has 1 aromatic rings. The number of carbonyl (C=O) groups excluding carboxylic acids is 1. The van der Waals surface area contributed by atoms with Crippen molar-refractivity contribution in [3.63, 3.8) is 0 Å². The molecule has 4 atom stereocenters. The molecule has 0 amide bonds. The Morgan fingerprint density at radius 2 is 1.93 bits per heavy atom. The number of methoxy groups -OCH3 is 2. The summed E-state index contributed by atoms with van der Waals surface area (Å²) >= 11 is 0. The summed E-state index contributed by atoms with van der Waals surface area (Å²) in [6.07, 6.45) is -10.8. The van der Waals surface area contributed by atoms with Crippen LogP contribution in [-0.4, -0.2) is 50.2 Å². The van der Waals surface area contributed by atoms with Gasteiger partial charge in [0.1, 0.15) is 12.1 Å². The molecule has 0 saturated carbocycles. The van der Waals surface area contributed by atoms with E-state index in [4.69, 9.17) is 28.2 Å². The summed E-state index contributed by atoms with van der Waals surface area (Å²) in [4.78, 5) is 13.2. The van der Waals surface area contributed by atoms with Gasteiger partial charge in [0.05, 0.1) is 17.0 Å². The maximum absolute atomic E-state index is 13.2. The summed E-state index contributed by atoms with van der Waals surface area (Å²) < 4.78 is 116. The quantitative estimate of drug-likeness (QED) is 0.668. The molecule has 0 bridgehead atoms. The molecule has 168 valence electrons. The number of aryl methyl sites for hydroxylation is 1. The normalized spacial score (nSPS) is 44.4. The van der Waals surface area contributed by atoms with Crippen molar-refractivity contribution in [3.8, 4) is 11.5 Å². The smallest absolute Gasteiger partial charge is 0.323 e. The highest BCUT2D eigenvalue weighted by molar-refractivity contribution is 5.76. The number of hydrogen-bond acceptors (Lipinski definition) is 6. The second-order valence-corrected chi connectivity index (χ2v) is 8.01. The van der Waals surface area contributed by atoms with E-state index in [0.717, 1.165) is 12.1 Å². The number of hydrogen-bond donors (Lipinski definition) is 1. The molecule has 6 heteroatoms. The van der Waals surface area contributed by atoms with Crippen LogP contribution in [0.3, 0.4) is 0 Å². The van der Waals surface area contributed by atoms with Gasteiger partial charge in [-0.25, -0.2) is 0 Å². The number of esters is 1. The molecule has 1 fully saturated rings. The Balaban J connectivity index is 2.56. The van der Waals surface area contributed by atoms with Crippen molar-refractivity contribution >= 4 is 5.97 Å². The first kappa shape index (κ1) is 12.3. The highest BCUT2D eigenvalue weighted by Crippen LogP contribution is 2.44. The molecule has 0 radical (unpaired) electrons. The molecule has 0 aromatic heterocycles. The first-order valence-electron chi connectivity index (χ1n) is 15.4. The van der Waals surface area contributed by atoms with Crippen LogP contribution in [0.2, 0.25) is 0 Å². The topological polar surface area (TPSA) is 74.0 Å². The summed E-state index contributed by atoms with van der Waals surface area (Å²) in [6.45, 7) is -0.689. The Kier molecular flexibility index (Phi) is 3.92. The third-order valence-corrected chi connectivity index (χ3v) is 4.86. The predicted octanol–water partition coefficient (Wildman–Crippen LogP) is 3.56. The largest absolute Gasteiger partial charge is 0.493 e. The van der Waals surface area contributed by atoms with Crippen LogP contribution < -0.4 is 15.2 Å². The molecule has 2 aliphatic rings. The summed E-state index contributed by atoms with van der Waals surface area (Å²) in [7, 11) is 2.47. The Labute approximate surface area is 196 Å². The van der Waals surface area contributed by atoms with Crippen LogP contribution in [0.25, 0.3) is 0 Å². The van der Waals surface area contributed by atoms with Crippen molar-refractivity contribution in [1.82, 2.24) is 4.90 Å². The molecular formula is C24H38N2O4. The first-order valence-corrected chi connectivity index (χ1v) is 9.94. The molecule has 3 rings (SSSR count). The zero-order valence-electron chi connectivity index (χ0n) is 29.3. The number of ether oxygens (including phenoxy) is 3. The molecule has 6 nitrogen and oxygen atoms in total. The van der Waals surface area contributed by atoms with Gasteiger partial charge in [-0.1, -0.05) is 27.7 Å². The number of nitrogens with zero attached hydrogens (tertiary/aromatic N) is 1. The Morgan fingerprint density at radius 3 is 2.53 bits per heavy atom. The Morgan fingerprint density at radius 1 is 1.27 bits per heavy atom. The highest BCUT2D eigenvalue weighted by Gasteiger charge is 2.41. The molecule has 3 unspecified atom stereocenters. The van der Waals surface area contributed by atoms with Crippen LogP contribution in [0, 0.1) is 17.7 Å². The maximum atomic E-state index is 13.2. The van der Waals surface area contributed by atoms with E-state index in [1.54, 1.807) is 27.7 Å². The van der Waals surface area contributed by atoms with Gasteiger partial charge in [-0.3, -0.25) is 9.69 Å². The lowest BCUT2D eigenvalue weighted by Gasteiger charge is -2.47. The van der Waals surface area contributed by atoms with E-state index in [-0.39, 0.29) is 16.4 Å². The number of carbonyl (C=O) groups is 1. The molecule has 1 aromatic carbocycles. The second kappa shape index (κ2) is 9.56. The molecule has 0 aliphatic carbocycles. The van der Waals surface area contributed by atoms with Gasteiger partial charge in [0.15, 0.2) is 11.5 Å². The van der Waals surface area contributed by atoms with E-state index in [1.807, 2.05) is 0 Å². The van der Waals surface area contributed by atoms with Crippen LogP contribution in [-0.2, 0) is 15.9 Å². The number of nitrogens with two attached hydrogens (primary N) is 1. The number of rotatable bonds is 7. The fourth-order valence-corrected chi connectivity index (χ4v) is 3.12. The van der Waals surface area contributed by atoms with E-state index in [1.165, 1.54) is 14.2 Å². The van der Waals surface area contributed by atoms with E-state index in [9.17, 15) is 11.6 Å². The van der Waals surface area contributed by atoms with Crippen molar-refractivity contribution in [1.29, 1.82) is 0 Å². The minimum absolute atomic E-state index is 0.0413. The van der Waals surface area contributed by atoms with Crippen LogP contribution in [0.15, 0.2) is 12.1 Å². The van der Waals surface area contributed by atoms with Crippen LogP contribution >= 0.6 is 0 Å². The lowest BCUT2D eigenvalue weighted by atomic mass is 9.79. The maximum Gasteiger partial charge on any atom is 0.323 e. The summed E-state index contributed by atoms with van der Waals surface area (Å²) in [5.41, 5.74) is 4.80. The summed E-state index contributed by atoms with van der Waals surface area (Å²) in [5.74, 6) is -5.71. The standard InChI is InChI=1S/C24H38N2O4/c1-14(2)9-17-13-26-8-7-16-10-21(28-5)22(29-6)11-18(16)19(26)12-20(17)30-24(27)23(25)15(3)4/h10-11,14-15,17,19-20,23H,7-9,12-13,25H2,1-6H3/t17?,19?,20?,23-/m0/s1/i7D2,8D2,12D2,13D2,17D,19D,20D. The fraction of sp³-hybridized carbons (Fsp3) is 0.708. The van der Waals surface area contributed by atoms with Crippen molar-refractivity contribution < 1.29 is 34.1 Å². The lowest BCUT2D eigenvalue weighted by molar-refractivity contribution is -0.160. The van der Waals surface area contributed by atoms with Gasteiger partial charge < -0.3 is 19.9 Å². The fourth-order valence-electron chi connectivity index (χ4n) is 3.12. The van der Waals surface area contributed by atoms with E-state index < -0.39 is 85.1 Å². The zero-order valence-corrected chi connectivity index (χ0v) is 18.3. The predicted molar refractivity (Wildman–Crippen MR) is 118 cm³/mol. The zero-order chi connectivity index (χ0) is 31.9. The van der Waals surface area contributed by atoms with Crippen molar-refractivity contribution in [3.05, 3.63) is 23.3 Å².